The second-order valence-corrected chi connectivity index (χ2v) is 6.06. The van der Waals surface area contributed by atoms with Crippen molar-refractivity contribution in [2.24, 2.45) is 11.8 Å². The molecule has 0 saturated heterocycles. The predicted octanol–water partition coefficient (Wildman–Crippen LogP) is 3.47. The summed E-state index contributed by atoms with van der Waals surface area (Å²) < 4.78 is 18.8. The molecule has 1 heterocycles. The molecule has 1 atom stereocenters. The van der Waals surface area contributed by atoms with Crippen molar-refractivity contribution >= 4 is 22.7 Å². The van der Waals surface area contributed by atoms with Gasteiger partial charge in [0.1, 0.15) is 17.2 Å². The first-order chi connectivity index (χ1) is 9.10. The van der Waals surface area contributed by atoms with Crippen LogP contribution < -0.4 is 11.3 Å². The van der Waals surface area contributed by atoms with Gasteiger partial charge in [0, 0.05) is 11.1 Å². The zero-order valence-electron chi connectivity index (χ0n) is 11.2. The Balaban J connectivity index is 2.11. The van der Waals surface area contributed by atoms with Crippen LogP contribution in [0.2, 0.25) is 0 Å². The Labute approximate surface area is 116 Å². The van der Waals surface area contributed by atoms with E-state index in [-0.39, 0.29) is 11.9 Å². The van der Waals surface area contributed by atoms with Crippen molar-refractivity contribution in [3.8, 4) is 0 Å². The van der Waals surface area contributed by atoms with E-state index >= 15 is 0 Å². The number of halogens is 1. The highest BCUT2D eigenvalue weighted by molar-refractivity contribution is 7.99. The lowest BCUT2D eigenvalue weighted by molar-refractivity contribution is 0.463. The van der Waals surface area contributed by atoms with Crippen molar-refractivity contribution in [2.45, 2.75) is 19.9 Å². The fourth-order valence-corrected chi connectivity index (χ4v) is 2.94. The molecule has 0 aliphatic rings. The lowest BCUT2D eigenvalue weighted by Crippen LogP contribution is -2.29. The lowest BCUT2D eigenvalue weighted by atomic mass is 10.2. The smallest absolute Gasteiger partial charge is 0.134 e. The van der Waals surface area contributed by atoms with E-state index in [4.69, 9.17) is 10.3 Å². The van der Waals surface area contributed by atoms with E-state index in [9.17, 15) is 4.39 Å². The first-order valence-corrected chi connectivity index (χ1v) is 7.48. The van der Waals surface area contributed by atoms with Crippen molar-refractivity contribution in [1.82, 2.24) is 5.43 Å². The monoisotopic (exact) mass is 282 g/mol. The van der Waals surface area contributed by atoms with Crippen LogP contribution in [0.3, 0.4) is 0 Å². The second kappa shape index (κ2) is 6.41. The number of hydrogen-bond acceptors (Lipinski definition) is 4. The Kier molecular flexibility index (Phi) is 4.85. The molecule has 0 radical (unpaired) electrons. The van der Waals surface area contributed by atoms with Gasteiger partial charge in [-0.2, -0.15) is 11.8 Å². The minimum absolute atomic E-state index is 0.0563. The van der Waals surface area contributed by atoms with Crippen LogP contribution in [0, 0.1) is 11.7 Å². The van der Waals surface area contributed by atoms with E-state index in [1.54, 1.807) is 6.07 Å². The summed E-state index contributed by atoms with van der Waals surface area (Å²) in [5.41, 5.74) is 3.44. The van der Waals surface area contributed by atoms with Crippen LogP contribution in [-0.2, 0) is 0 Å². The summed E-state index contributed by atoms with van der Waals surface area (Å²) >= 11 is 1.83. The zero-order valence-corrected chi connectivity index (χ0v) is 12.0. The van der Waals surface area contributed by atoms with E-state index in [0.717, 1.165) is 22.7 Å². The molecule has 3 nitrogen and oxygen atoms in total. The van der Waals surface area contributed by atoms with Crippen molar-refractivity contribution in [2.75, 3.05) is 11.5 Å². The van der Waals surface area contributed by atoms with Gasteiger partial charge < -0.3 is 4.42 Å². The van der Waals surface area contributed by atoms with Crippen molar-refractivity contribution in [3.05, 3.63) is 35.8 Å². The SMILES string of the molecule is CC(C)CSCC(NN)c1cc2cc(F)ccc2o1. The Bertz CT molecular complexity index is 541. The first-order valence-electron chi connectivity index (χ1n) is 6.33. The highest BCUT2D eigenvalue weighted by atomic mass is 32.2. The molecule has 0 spiro atoms. The van der Waals surface area contributed by atoms with Gasteiger partial charge in [0.2, 0.25) is 0 Å². The number of nitrogens with one attached hydrogen (secondary N) is 1. The number of benzene rings is 1. The van der Waals surface area contributed by atoms with Gasteiger partial charge in [-0.1, -0.05) is 13.8 Å². The Morgan fingerprint density at radius 3 is 2.79 bits per heavy atom. The van der Waals surface area contributed by atoms with Crippen molar-refractivity contribution in [3.63, 3.8) is 0 Å². The maximum atomic E-state index is 13.1. The first kappa shape index (κ1) is 14.4. The fourth-order valence-electron chi connectivity index (χ4n) is 1.84. The number of nitrogens with two attached hydrogens (primary N) is 1. The third kappa shape index (κ3) is 3.72. The molecule has 3 N–H and O–H groups in total. The summed E-state index contributed by atoms with van der Waals surface area (Å²) in [5, 5.41) is 0.768. The van der Waals surface area contributed by atoms with Gasteiger partial charge in [-0.3, -0.25) is 5.84 Å². The van der Waals surface area contributed by atoms with Crippen LogP contribution in [0.15, 0.2) is 28.7 Å². The van der Waals surface area contributed by atoms with Gasteiger partial charge in [0.25, 0.3) is 0 Å². The molecule has 1 unspecified atom stereocenters. The largest absolute Gasteiger partial charge is 0.459 e. The van der Waals surface area contributed by atoms with Crippen LogP contribution in [0.1, 0.15) is 25.6 Å². The molecule has 2 rings (SSSR count). The third-order valence-corrected chi connectivity index (χ3v) is 4.25. The summed E-state index contributed by atoms with van der Waals surface area (Å²) in [5.74, 6) is 8.62. The summed E-state index contributed by atoms with van der Waals surface area (Å²) in [6.07, 6.45) is 0. The molecule has 0 aliphatic carbocycles. The maximum Gasteiger partial charge on any atom is 0.134 e. The van der Waals surface area contributed by atoms with E-state index in [0.29, 0.717) is 11.5 Å². The van der Waals surface area contributed by atoms with Gasteiger partial charge in [0.15, 0.2) is 0 Å². The highest BCUT2D eigenvalue weighted by Gasteiger charge is 2.15. The average Bonchev–Trinajstić information content (AvgIpc) is 2.76. The van der Waals surface area contributed by atoms with Gasteiger partial charge in [-0.25, -0.2) is 9.82 Å². The summed E-state index contributed by atoms with van der Waals surface area (Å²) in [6.45, 7) is 4.36. The number of furan rings is 1. The van der Waals surface area contributed by atoms with Crippen LogP contribution in [0.4, 0.5) is 4.39 Å². The molecule has 0 saturated carbocycles. The van der Waals surface area contributed by atoms with Crippen LogP contribution in [0.5, 0.6) is 0 Å². The maximum absolute atomic E-state index is 13.1. The Morgan fingerprint density at radius 1 is 1.32 bits per heavy atom. The summed E-state index contributed by atoms with van der Waals surface area (Å²) in [6, 6.07) is 6.30. The molecule has 19 heavy (non-hydrogen) atoms. The molecule has 0 aliphatic heterocycles. The number of rotatable bonds is 6. The van der Waals surface area contributed by atoms with E-state index < -0.39 is 0 Å². The van der Waals surface area contributed by atoms with Crippen LogP contribution >= 0.6 is 11.8 Å². The fraction of sp³-hybridized carbons (Fsp3) is 0.429. The third-order valence-electron chi connectivity index (χ3n) is 2.78. The Morgan fingerprint density at radius 2 is 2.11 bits per heavy atom. The standard InChI is InChI=1S/C14H19FN2OS/c1-9(2)7-19-8-12(17-16)14-6-10-5-11(15)3-4-13(10)18-14/h3-6,9,12,17H,7-8,16H2,1-2H3. The molecule has 1 aromatic carbocycles. The number of fused-ring (bicyclic) bond motifs is 1. The zero-order chi connectivity index (χ0) is 13.8. The molecule has 2 aromatic rings. The normalized spacial score (nSPS) is 13.3. The van der Waals surface area contributed by atoms with E-state index in [1.165, 1.54) is 12.1 Å². The van der Waals surface area contributed by atoms with Gasteiger partial charge >= 0.3 is 0 Å². The minimum Gasteiger partial charge on any atom is -0.459 e. The molecule has 104 valence electrons. The summed E-state index contributed by atoms with van der Waals surface area (Å²) in [4.78, 5) is 0. The van der Waals surface area contributed by atoms with Gasteiger partial charge in [0.05, 0.1) is 6.04 Å². The van der Waals surface area contributed by atoms with Crippen molar-refractivity contribution in [1.29, 1.82) is 0 Å². The molecule has 5 heteroatoms. The average molecular weight is 282 g/mol. The van der Waals surface area contributed by atoms with E-state index in [1.807, 2.05) is 17.8 Å². The molecule has 1 aromatic heterocycles. The molecule has 0 bridgehead atoms. The van der Waals surface area contributed by atoms with Gasteiger partial charge in [-0.15, -0.1) is 0 Å². The molecule has 0 fully saturated rings. The quantitative estimate of drug-likeness (QED) is 0.629. The molecular weight excluding hydrogens is 263 g/mol. The second-order valence-electron chi connectivity index (χ2n) is 4.98. The van der Waals surface area contributed by atoms with Crippen LogP contribution in [0.25, 0.3) is 11.0 Å². The summed E-state index contributed by atoms with van der Waals surface area (Å²) in [7, 11) is 0. The van der Waals surface area contributed by atoms with Gasteiger partial charge in [-0.05, 0) is 35.9 Å². The van der Waals surface area contributed by atoms with Crippen molar-refractivity contribution < 1.29 is 8.81 Å². The number of thioether (sulfide) groups is 1. The topological polar surface area (TPSA) is 51.2 Å². The van der Waals surface area contributed by atoms with Crippen LogP contribution in [-0.4, -0.2) is 11.5 Å². The predicted molar refractivity (Wildman–Crippen MR) is 78.4 cm³/mol. The highest BCUT2D eigenvalue weighted by Crippen LogP contribution is 2.26. The molecular formula is C14H19FN2OS. The minimum atomic E-state index is -0.258. The molecule has 0 amide bonds. The Hall–Kier alpha value is -1.04. The van der Waals surface area contributed by atoms with E-state index in [2.05, 4.69) is 19.3 Å². The number of hydrazine groups is 1. The number of hydrogen-bond donors (Lipinski definition) is 2. The lowest BCUT2D eigenvalue weighted by Gasteiger charge is -2.13.